The highest BCUT2D eigenvalue weighted by atomic mass is 32.2. The summed E-state index contributed by atoms with van der Waals surface area (Å²) in [6.07, 6.45) is 5.05. The molecule has 1 amide bonds. The van der Waals surface area contributed by atoms with E-state index in [0.29, 0.717) is 22.3 Å². The summed E-state index contributed by atoms with van der Waals surface area (Å²) in [5.74, 6) is -0.440. The van der Waals surface area contributed by atoms with E-state index in [0.717, 1.165) is 60.2 Å². The number of benzene rings is 2. The molecule has 1 N–H and O–H groups in total. The first kappa shape index (κ1) is 26.1. The maximum atomic E-state index is 13.1. The molecule has 2 aromatic carbocycles. The molecule has 0 bridgehead atoms. The number of ether oxygens (including phenoxy) is 1. The summed E-state index contributed by atoms with van der Waals surface area (Å²) in [6.45, 7) is 2.09. The summed E-state index contributed by atoms with van der Waals surface area (Å²) in [4.78, 5) is 36.6. The predicted octanol–water partition coefficient (Wildman–Crippen LogP) is 7.05. The molecular weight excluding hydrogens is 514 g/mol. The number of amides is 1. The second-order valence-corrected chi connectivity index (χ2v) is 11.0. The van der Waals surface area contributed by atoms with Crippen LogP contribution in [0.25, 0.3) is 22.5 Å². The van der Waals surface area contributed by atoms with Crippen LogP contribution in [0.4, 0.5) is 5.00 Å². The molecule has 0 saturated carbocycles. The fourth-order valence-electron chi connectivity index (χ4n) is 4.55. The molecule has 0 spiro atoms. The third kappa shape index (κ3) is 6.14. The zero-order chi connectivity index (χ0) is 26.3. The van der Waals surface area contributed by atoms with E-state index in [9.17, 15) is 9.59 Å². The van der Waals surface area contributed by atoms with Crippen molar-refractivity contribution in [1.29, 1.82) is 0 Å². The number of aryl methyl sites for hydroxylation is 1. The second kappa shape index (κ2) is 12.4. The zero-order valence-corrected chi connectivity index (χ0v) is 22.9. The number of anilines is 1. The third-order valence-corrected chi connectivity index (χ3v) is 8.39. The number of esters is 1. The molecule has 1 aliphatic carbocycles. The Bertz CT molecular complexity index is 1360. The molecule has 2 aromatic heterocycles. The van der Waals surface area contributed by atoms with E-state index in [4.69, 9.17) is 14.7 Å². The first-order valence-corrected chi connectivity index (χ1v) is 14.7. The highest BCUT2D eigenvalue weighted by Gasteiger charge is 2.26. The van der Waals surface area contributed by atoms with Gasteiger partial charge in [0, 0.05) is 16.0 Å². The number of thiophene rings is 1. The molecule has 4 aromatic rings. The van der Waals surface area contributed by atoms with E-state index in [-0.39, 0.29) is 17.6 Å². The van der Waals surface area contributed by atoms with Gasteiger partial charge in [-0.1, -0.05) is 78.8 Å². The molecule has 0 saturated heterocycles. The molecule has 0 radical (unpaired) electrons. The number of aromatic nitrogens is 2. The fourth-order valence-corrected chi connectivity index (χ4v) is 6.50. The van der Waals surface area contributed by atoms with Crippen LogP contribution < -0.4 is 5.32 Å². The van der Waals surface area contributed by atoms with Gasteiger partial charge in [-0.15, -0.1) is 11.3 Å². The van der Waals surface area contributed by atoms with Crippen molar-refractivity contribution < 1.29 is 14.3 Å². The largest absolute Gasteiger partial charge is 0.462 e. The van der Waals surface area contributed by atoms with Gasteiger partial charge in [-0.05, 0) is 44.2 Å². The van der Waals surface area contributed by atoms with Gasteiger partial charge in [0.2, 0.25) is 5.91 Å². The summed E-state index contributed by atoms with van der Waals surface area (Å²) >= 11 is 2.79. The van der Waals surface area contributed by atoms with E-state index in [1.807, 2.05) is 66.7 Å². The van der Waals surface area contributed by atoms with E-state index < -0.39 is 0 Å². The van der Waals surface area contributed by atoms with Crippen molar-refractivity contribution in [2.75, 3.05) is 17.7 Å². The fraction of sp³-hybridized carbons (Fsp3) is 0.267. The predicted molar refractivity (Wildman–Crippen MR) is 154 cm³/mol. The Hall–Kier alpha value is -3.49. The average molecular weight is 544 g/mol. The van der Waals surface area contributed by atoms with E-state index >= 15 is 0 Å². The van der Waals surface area contributed by atoms with Crippen molar-refractivity contribution in [2.45, 2.75) is 44.2 Å². The summed E-state index contributed by atoms with van der Waals surface area (Å²) < 4.78 is 5.35. The number of carbonyl (C=O) groups is 2. The molecule has 0 aliphatic heterocycles. The van der Waals surface area contributed by atoms with Crippen molar-refractivity contribution in [1.82, 2.24) is 9.97 Å². The van der Waals surface area contributed by atoms with Crippen LogP contribution >= 0.6 is 23.1 Å². The van der Waals surface area contributed by atoms with E-state index in [1.54, 1.807) is 6.92 Å². The summed E-state index contributed by atoms with van der Waals surface area (Å²) in [5.41, 5.74) is 5.14. The lowest BCUT2D eigenvalue weighted by Gasteiger charge is -2.10. The average Bonchev–Trinajstić information content (AvgIpc) is 3.12. The van der Waals surface area contributed by atoms with E-state index in [1.165, 1.54) is 28.0 Å². The van der Waals surface area contributed by atoms with Gasteiger partial charge < -0.3 is 10.1 Å². The number of thioether (sulfide) groups is 1. The minimum atomic E-state index is -0.360. The maximum absolute atomic E-state index is 13.1. The van der Waals surface area contributed by atoms with Crippen molar-refractivity contribution in [3.05, 3.63) is 82.7 Å². The molecule has 5 rings (SSSR count). The number of rotatable bonds is 8. The van der Waals surface area contributed by atoms with Crippen LogP contribution in [0.2, 0.25) is 0 Å². The van der Waals surface area contributed by atoms with Gasteiger partial charge in [0.15, 0.2) is 5.16 Å². The first-order chi connectivity index (χ1) is 18.6. The zero-order valence-electron chi connectivity index (χ0n) is 21.2. The van der Waals surface area contributed by atoms with Crippen LogP contribution in [0, 0.1) is 0 Å². The van der Waals surface area contributed by atoms with Gasteiger partial charge in [-0.3, -0.25) is 4.79 Å². The van der Waals surface area contributed by atoms with Crippen LogP contribution in [0.5, 0.6) is 0 Å². The first-order valence-electron chi connectivity index (χ1n) is 12.9. The van der Waals surface area contributed by atoms with Gasteiger partial charge in [-0.25, -0.2) is 14.8 Å². The molecule has 0 atom stereocenters. The minimum Gasteiger partial charge on any atom is -0.462 e. The SMILES string of the molecule is CCOC(=O)c1c(NC(=O)CSc2nc(-c3ccccc3)cc(-c3ccccc3)n2)sc2c1CCCCC2. The Labute approximate surface area is 230 Å². The monoisotopic (exact) mass is 543 g/mol. The lowest BCUT2D eigenvalue weighted by molar-refractivity contribution is -0.113. The summed E-state index contributed by atoms with van der Waals surface area (Å²) in [7, 11) is 0. The number of hydrogen-bond donors (Lipinski definition) is 1. The quantitative estimate of drug-likeness (QED) is 0.111. The number of fused-ring (bicyclic) bond motifs is 1. The topological polar surface area (TPSA) is 81.2 Å². The highest BCUT2D eigenvalue weighted by Crippen LogP contribution is 2.38. The summed E-state index contributed by atoms with van der Waals surface area (Å²) in [6, 6.07) is 21.9. The van der Waals surface area contributed by atoms with Gasteiger partial charge in [0.1, 0.15) is 5.00 Å². The third-order valence-electron chi connectivity index (χ3n) is 6.33. The molecule has 38 heavy (non-hydrogen) atoms. The van der Waals surface area contributed by atoms with Gasteiger partial charge in [-0.2, -0.15) is 0 Å². The smallest absolute Gasteiger partial charge is 0.341 e. The van der Waals surface area contributed by atoms with Crippen LogP contribution in [0.1, 0.15) is 47.0 Å². The van der Waals surface area contributed by atoms with Crippen molar-refractivity contribution >= 4 is 40.0 Å². The Kier molecular flexibility index (Phi) is 8.51. The molecule has 0 unspecified atom stereocenters. The van der Waals surface area contributed by atoms with Crippen LogP contribution in [0.3, 0.4) is 0 Å². The molecule has 2 heterocycles. The molecule has 8 heteroatoms. The standard InChI is InChI=1S/C30H29N3O3S2/c1-2-36-29(35)27-22-16-10-5-11-17-25(22)38-28(27)33-26(34)19-37-30-31-23(20-12-6-3-7-13-20)18-24(32-30)21-14-8-4-9-15-21/h3-4,6-9,12-15,18H,2,5,10-11,16-17,19H2,1H3,(H,33,34). The number of hydrogen-bond acceptors (Lipinski definition) is 7. The highest BCUT2D eigenvalue weighted by molar-refractivity contribution is 7.99. The molecule has 6 nitrogen and oxygen atoms in total. The Balaban J connectivity index is 1.37. The molecular formula is C30H29N3O3S2. The van der Waals surface area contributed by atoms with Gasteiger partial charge in [0.25, 0.3) is 0 Å². The Morgan fingerprint density at radius 2 is 1.55 bits per heavy atom. The van der Waals surface area contributed by atoms with Crippen molar-refractivity contribution in [3.8, 4) is 22.5 Å². The van der Waals surface area contributed by atoms with Crippen molar-refractivity contribution in [3.63, 3.8) is 0 Å². The molecule has 0 fully saturated rings. The maximum Gasteiger partial charge on any atom is 0.341 e. The molecule has 194 valence electrons. The van der Waals surface area contributed by atoms with E-state index in [2.05, 4.69) is 5.32 Å². The van der Waals surface area contributed by atoms with Crippen LogP contribution in [0.15, 0.2) is 71.9 Å². The van der Waals surface area contributed by atoms with Crippen molar-refractivity contribution in [2.24, 2.45) is 0 Å². The number of nitrogens with one attached hydrogen (secondary N) is 1. The number of nitrogens with zero attached hydrogens (tertiary/aromatic N) is 2. The lowest BCUT2D eigenvalue weighted by Crippen LogP contribution is -2.17. The second-order valence-electron chi connectivity index (χ2n) is 8.98. The lowest BCUT2D eigenvalue weighted by atomic mass is 10.1. The Morgan fingerprint density at radius 3 is 2.18 bits per heavy atom. The normalized spacial score (nSPS) is 12.9. The van der Waals surface area contributed by atoms with Crippen LogP contribution in [-0.2, 0) is 22.4 Å². The number of carbonyl (C=O) groups excluding carboxylic acids is 2. The minimum absolute atomic E-state index is 0.122. The van der Waals surface area contributed by atoms with Gasteiger partial charge in [0.05, 0.1) is 29.3 Å². The summed E-state index contributed by atoms with van der Waals surface area (Å²) in [5, 5.41) is 4.10. The van der Waals surface area contributed by atoms with Crippen LogP contribution in [-0.4, -0.2) is 34.2 Å². The molecule has 1 aliphatic rings. The Morgan fingerprint density at radius 1 is 0.921 bits per heavy atom. The van der Waals surface area contributed by atoms with Gasteiger partial charge >= 0.3 is 5.97 Å².